The quantitative estimate of drug-likeness (QED) is 0.917. The molecule has 1 aromatic heterocycles. The van der Waals surface area contributed by atoms with Gasteiger partial charge in [-0.3, -0.25) is 0 Å². The first-order chi connectivity index (χ1) is 8.76. The average Bonchev–Trinajstić information content (AvgIpc) is 2.92. The van der Waals surface area contributed by atoms with Gasteiger partial charge in [0.15, 0.2) is 11.5 Å². The molecule has 0 radical (unpaired) electrons. The van der Waals surface area contributed by atoms with Crippen molar-refractivity contribution in [1.82, 2.24) is 0 Å². The maximum atomic E-state index is 6.23. The van der Waals surface area contributed by atoms with E-state index in [1.807, 2.05) is 42.6 Å². The summed E-state index contributed by atoms with van der Waals surface area (Å²) in [6.45, 7) is 2.55. The zero-order valence-corrected chi connectivity index (χ0v) is 12.6. The normalized spacial score (nSPS) is 11.5. The third-order valence-corrected chi connectivity index (χ3v) is 3.65. The van der Waals surface area contributed by atoms with Crippen molar-refractivity contribution in [1.29, 1.82) is 0 Å². The Morgan fingerprint density at radius 2 is 2.05 bits per heavy atom. The number of methoxy groups -OCH3 is 1. The fourth-order valence-electron chi connectivity index (χ4n) is 1.79. The molecule has 1 heterocycles. The monoisotopic (exact) mass is 299 g/mol. The third kappa shape index (κ3) is 3.62. The van der Waals surface area contributed by atoms with E-state index in [-0.39, 0.29) is 18.4 Å². The number of hydrogen-bond donors (Lipinski definition) is 1. The molecule has 0 saturated carbocycles. The Balaban J connectivity index is 0.00000180. The van der Waals surface area contributed by atoms with Gasteiger partial charge in [0.25, 0.3) is 0 Å². The lowest BCUT2D eigenvalue weighted by Crippen LogP contribution is -2.10. The van der Waals surface area contributed by atoms with Gasteiger partial charge in [0.05, 0.1) is 19.8 Å². The SMILES string of the molecule is CCOc1cc([C@@H](N)c2cccs2)ccc1OC.Cl. The standard InChI is InChI=1S/C14H17NO2S.ClH/c1-3-17-12-9-10(6-7-11(12)16-2)14(15)13-5-4-8-18-13;/h4-9,14H,3,15H2,1-2H3;1H/t14-;/m1./s1. The minimum absolute atomic E-state index is 0. The van der Waals surface area contributed by atoms with E-state index in [0.717, 1.165) is 21.9 Å². The predicted octanol–water partition coefficient (Wildman–Crippen LogP) is 3.63. The molecule has 0 unspecified atom stereocenters. The van der Waals surface area contributed by atoms with Crippen LogP contribution in [0.4, 0.5) is 0 Å². The summed E-state index contributed by atoms with van der Waals surface area (Å²) in [5.74, 6) is 1.48. The molecule has 2 N–H and O–H groups in total. The van der Waals surface area contributed by atoms with Gasteiger partial charge in [-0.25, -0.2) is 0 Å². The van der Waals surface area contributed by atoms with E-state index in [0.29, 0.717) is 6.61 Å². The van der Waals surface area contributed by atoms with Gasteiger partial charge in [-0.2, -0.15) is 0 Å². The number of halogens is 1. The molecule has 2 rings (SSSR count). The Morgan fingerprint density at radius 1 is 1.26 bits per heavy atom. The second-order valence-electron chi connectivity index (χ2n) is 3.84. The number of nitrogens with two attached hydrogens (primary N) is 1. The number of ether oxygens (including phenoxy) is 2. The van der Waals surface area contributed by atoms with Gasteiger partial charge in [0.2, 0.25) is 0 Å². The van der Waals surface area contributed by atoms with E-state index in [9.17, 15) is 0 Å². The van der Waals surface area contributed by atoms with Gasteiger partial charge in [-0.1, -0.05) is 12.1 Å². The summed E-state index contributed by atoms with van der Waals surface area (Å²) in [6.07, 6.45) is 0. The molecule has 0 fully saturated rings. The fourth-order valence-corrected chi connectivity index (χ4v) is 2.54. The molecule has 104 valence electrons. The van der Waals surface area contributed by atoms with Crippen LogP contribution in [0.25, 0.3) is 0 Å². The van der Waals surface area contributed by atoms with Crippen LogP contribution in [0, 0.1) is 0 Å². The molecular weight excluding hydrogens is 282 g/mol. The summed E-state index contributed by atoms with van der Waals surface area (Å²) in [5, 5.41) is 2.03. The molecule has 19 heavy (non-hydrogen) atoms. The molecule has 2 aromatic rings. The lowest BCUT2D eigenvalue weighted by atomic mass is 10.1. The van der Waals surface area contributed by atoms with Crippen LogP contribution >= 0.6 is 23.7 Å². The Kier molecular flexibility index (Phi) is 6.15. The molecule has 0 aliphatic heterocycles. The van der Waals surface area contributed by atoms with Crippen molar-refractivity contribution in [3.05, 3.63) is 46.2 Å². The van der Waals surface area contributed by atoms with Crippen molar-refractivity contribution in [2.45, 2.75) is 13.0 Å². The second kappa shape index (κ2) is 7.38. The molecule has 0 bridgehead atoms. The Bertz CT molecular complexity index is 502. The molecule has 0 amide bonds. The highest BCUT2D eigenvalue weighted by Crippen LogP contribution is 2.32. The molecule has 0 aliphatic carbocycles. The van der Waals surface area contributed by atoms with Crippen molar-refractivity contribution < 1.29 is 9.47 Å². The maximum absolute atomic E-state index is 6.23. The first kappa shape index (κ1) is 15.8. The van der Waals surface area contributed by atoms with Gasteiger partial charge >= 0.3 is 0 Å². The van der Waals surface area contributed by atoms with Crippen molar-refractivity contribution in [3.8, 4) is 11.5 Å². The van der Waals surface area contributed by atoms with Gasteiger partial charge in [-0.05, 0) is 36.1 Å². The van der Waals surface area contributed by atoms with Crippen LogP contribution in [0.15, 0.2) is 35.7 Å². The summed E-state index contributed by atoms with van der Waals surface area (Å²) in [5.41, 5.74) is 7.26. The van der Waals surface area contributed by atoms with E-state index < -0.39 is 0 Å². The highest BCUT2D eigenvalue weighted by atomic mass is 35.5. The zero-order chi connectivity index (χ0) is 13.0. The maximum Gasteiger partial charge on any atom is 0.161 e. The minimum Gasteiger partial charge on any atom is -0.493 e. The smallest absolute Gasteiger partial charge is 0.161 e. The number of benzene rings is 1. The molecule has 0 saturated heterocycles. The van der Waals surface area contributed by atoms with Crippen LogP contribution in [-0.4, -0.2) is 13.7 Å². The van der Waals surface area contributed by atoms with Gasteiger partial charge in [0, 0.05) is 4.88 Å². The first-order valence-corrected chi connectivity index (χ1v) is 6.74. The average molecular weight is 300 g/mol. The summed E-state index contributed by atoms with van der Waals surface area (Å²) in [4.78, 5) is 1.14. The predicted molar refractivity (Wildman–Crippen MR) is 81.8 cm³/mol. The Morgan fingerprint density at radius 3 is 2.63 bits per heavy atom. The summed E-state index contributed by atoms with van der Waals surface area (Å²) in [7, 11) is 1.64. The molecular formula is C14H18ClNO2S. The van der Waals surface area contributed by atoms with E-state index in [4.69, 9.17) is 15.2 Å². The van der Waals surface area contributed by atoms with Crippen molar-refractivity contribution in [3.63, 3.8) is 0 Å². The van der Waals surface area contributed by atoms with Crippen molar-refractivity contribution in [2.24, 2.45) is 5.73 Å². The highest BCUT2D eigenvalue weighted by Gasteiger charge is 2.13. The van der Waals surface area contributed by atoms with Crippen LogP contribution in [0.1, 0.15) is 23.4 Å². The van der Waals surface area contributed by atoms with Crippen LogP contribution in [-0.2, 0) is 0 Å². The Labute approximate surface area is 123 Å². The summed E-state index contributed by atoms with van der Waals surface area (Å²) >= 11 is 1.66. The molecule has 3 nitrogen and oxygen atoms in total. The lowest BCUT2D eigenvalue weighted by Gasteiger charge is -2.14. The molecule has 5 heteroatoms. The molecule has 0 spiro atoms. The van der Waals surface area contributed by atoms with E-state index in [2.05, 4.69) is 0 Å². The van der Waals surface area contributed by atoms with Gasteiger partial charge in [0.1, 0.15) is 0 Å². The Hall–Kier alpha value is -1.23. The van der Waals surface area contributed by atoms with Crippen LogP contribution in [0.2, 0.25) is 0 Å². The van der Waals surface area contributed by atoms with Crippen molar-refractivity contribution in [2.75, 3.05) is 13.7 Å². The van der Waals surface area contributed by atoms with Gasteiger partial charge < -0.3 is 15.2 Å². The zero-order valence-electron chi connectivity index (χ0n) is 11.0. The van der Waals surface area contributed by atoms with Crippen LogP contribution < -0.4 is 15.2 Å². The van der Waals surface area contributed by atoms with Crippen molar-refractivity contribution >= 4 is 23.7 Å². The molecule has 0 aliphatic rings. The topological polar surface area (TPSA) is 44.5 Å². The summed E-state index contributed by atoms with van der Waals surface area (Å²) in [6, 6.07) is 9.76. The number of thiophene rings is 1. The fraction of sp³-hybridized carbons (Fsp3) is 0.286. The first-order valence-electron chi connectivity index (χ1n) is 5.86. The van der Waals surface area contributed by atoms with Gasteiger partial charge in [-0.15, -0.1) is 23.7 Å². The third-order valence-electron chi connectivity index (χ3n) is 2.70. The minimum atomic E-state index is -0.116. The second-order valence-corrected chi connectivity index (χ2v) is 4.82. The van der Waals surface area contributed by atoms with Crippen LogP contribution in [0.5, 0.6) is 11.5 Å². The highest BCUT2D eigenvalue weighted by molar-refractivity contribution is 7.10. The largest absolute Gasteiger partial charge is 0.493 e. The lowest BCUT2D eigenvalue weighted by molar-refractivity contribution is 0.310. The number of hydrogen-bond acceptors (Lipinski definition) is 4. The number of rotatable bonds is 5. The van der Waals surface area contributed by atoms with Crippen LogP contribution in [0.3, 0.4) is 0 Å². The molecule has 1 aromatic carbocycles. The summed E-state index contributed by atoms with van der Waals surface area (Å²) < 4.78 is 10.8. The molecule has 1 atom stereocenters. The van der Waals surface area contributed by atoms with E-state index in [1.54, 1.807) is 18.4 Å². The van der Waals surface area contributed by atoms with E-state index in [1.165, 1.54) is 0 Å². The van der Waals surface area contributed by atoms with E-state index >= 15 is 0 Å².